The van der Waals surface area contributed by atoms with E-state index in [1.54, 1.807) is 188 Å². The predicted octanol–water partition coefficient (Wildman–Crippen LogP) is 17.1. The Morgan fingerprint density at radius 3 is 0.627 bits per heavy atom. The number of rotatable bonds is 24. The lowest BCUT2D eigenvalue weighted by atomic mass is 9.79. The van der Waals surface area contributed by atoms with Crippen LogP contribution < -0.4 is 55.5 Å². The number of sulfonamides is 6. The molecular formula is C96H126N6O18S6. The van der Waals surface area contributed by atoms with Crippen LogP contribution in [0, 0.1) is 20.8 Å². The van der Waals surface area contributed by atoms with Crippen molar-refractivity contribution in [3.8, 4) is 34.5 Å². The van der Waals surface area contributed by atoms with Crippen LogP contribution in [0.1, 0.15) is 191 Å². The fraction of sp³-hybridized carbons (Fsp3) is 0.438. The van der Waals surface area contributed by atoms with Gasteiger partial charge < -0.3 is 28.4 Å². The Bertz CT molecular complexity index is 5550. The molecule has 0 aliphatic carbocycles. The van der Waals surface area contributed by atoms with Crippen molar-refractivity contribution in [2.75, 3.05) is 75.2 Å². The third kappa shape index (κ3) is 21.3. The van der Waals surface area contributed by atoms with Crippen LogP contribution in [0.4, 0.5) is 17.1 Å². The van der Waals surface area contributed by atoms with Crippen LogP contribution in [-0.4, -0.2) is 131 Å². The van der Waals surface area contributed by atoms with Crippen molar-refractivity contribution in [1.29, 1.82) is 0 Å². The standard InChI is InChI=1S/3C32H42N2O6S2/c3*1-21-10-13-25(14-11-21)41(35,36)33-20-23-16-22-17-24(39-8)12-15-29(22)34(23)42(37,38)26-18-27(31(2,3)4)30(40-9)28(19-26)32(5,6)7/h3*10-15,17-19,23,33H,16,20H2,1-9H3/t3*23-/m110/s1. The molecule has 3 heterocycles. The smallest absolute Gasteiger partial charge is 0.264 e. The fourth-order valence-corrected chi connectivity index (χ4v) is 24.3. The van der Waals surface area contributed by atoms with E-state index >= 15 is 0 Å². The van der Waals surface area contributed by atoms with Gasteiger partial charge in [0.2, 0.25) is 30.1 Å². The van der Waals surface area contributed by atoms with Gasteiger partial charge in [-0.15, -0.1) is 0 Å². The first-order chi connectivity index (χ1) is 58.2. The van der Waals surface area contributed by atoms with Crippen molar-refractivity contribution in [3.63, 3.8) is 0 Å². The van der Waals surface area contributed by atoms with Crippen LogP contribution in [0.3, 0.4) is 0 Å². The first kappa shape index (κ1) is 98.9. The third-order valence-electron chi connectivity index (χ3n) is 22.8. The van der Waals surface area contributed by atoms with Crippen LogP contribution in [0.5, 0.6) is 34.5 Å². The molecule has 0 aromatic heterocycles. The molecular weight excluding hydrogens is 1720 g/mol. The minimum atomic E-state index is -4.15. The number of nitrogens with zero attached hydrogens (tertiary/aromatic N) is 3. The van der Waals surface area contributed by atoms with Crippen LogP contribution in [-0.2, 0) is 112 Å². The molecule has 30 heteroatoms. The Hall–Kier alpha value is -9.24. The van der Waals surface area contributed by atoms with E-state index in [4.69, 9.17) is 28.4 Å². The summed E-state index contributed by atoms with van der Waals surface area (Å²) in [6.07, 6.45) is 0.948. The quantitative estimate of drug-likeness (QED) is 0.0506. The highest BCUT2D eigenvalue weighted by atomic mass is 32.2. The fourth-order valence-electron chi connectivity index (χ4n) is 15.9. The summed E-state index contributed by atoms with van der Waals surface area (Å²) in [7, 11) is -14.6. The van der Waals surface area contributed by atoms with Crippen molar-refractivity contribution in [1.82, 2.24) is 14.2 Å². The minimum Gasteiger partial charge on any atom is -0.497 e. The maximum Gasteiger partial charge on any atom is 0.264 e. The molecule has 0 fully saturated rings. The first-order valence-corrected chi connectivity index (χ1v) is 50.5. The number of aryl methyl sites for hydroxylation is 3. The molecule has 126 heavy (non-hydrogen) atoms. The largest absolute Gasteiger partial charge is 0.497 e. The lowest BCUT2D eigenvalue weighted by molar-refractivity contribution is 0.380. The zero-order chi connectivity index (χ0) is 93.8. The van der Waals surface area contributed by atoms with E-state index in [-0.39, 0.29) is 49.0 Å². The number of fused-ring (bicyclic) bond motifs is 3. The molecule has 0 bridgehead atoms. The van der Waals surface area contributed by atoms with Crippen molar-refractivity contribution in [3.05, 3.63) is 231 Å². The molecule has 684 valence electrons. The van der Waals surface area contributed by atoms with Gasteiger partial charge in [0.1, 0.15) is 34.5 Å². The van der Waals surface area contributed by atoms with Gasteiger partial charge in [-0.2, -0.15) is 0 Å². The molecule has 0 unspecified atom stereocenters. The number of hydrogen-bond acceptors (Lipinski definition) is 18. The Morgan fingerprint density at radius 2 is 0.460 bits per heavy atom. The number of nitrogens with one attached hydrogen (secondary N) is 3. The number of hydrogen-bond donors (Lipinski definition) is 3. The van der Waals surface area contributed by atoms with Crippen LogP contribution in [0.2, 0.25) is 0 Å². The zero-order valence-corrected chi connectivity index (χ0v) is 82.6. The maximum absolute atomic E-state index is 14.6. The summed E-state index contributed by atoms with van der Waals surface area (Å²) in [5, 5.41) is 0. The highest BCUT2D eigenvalue weighted by Crippen LogP contribution is 2.50. The average Bonchev–Trinajstić information content (AvgIpc) is 1.53. The van der Waals surface area contributed by atoms with Crippen molar-refractivity contribution >= 4 is 77.2 Å². The van der Waals surface area contributed by atoms with Gasteiger partial charge in [0, 0.05) is 53.0 Å². The van der Waals surface area contributed by atoms with Crippen molar-refractivity contribution in [2.45, 2.75) is 245 Å². The summed E-state index contributed by atoms with van der Waals surface area (Å²) in [5.74, 6) is 3.80. The number of ether oxygens (including phenoxy) is 6. The first-order valence-electron chi connectivity index (χ1n) is 41.7. The zero-order valence-electron chi connectivity index (χ0n) is 77.7. The lowest BCUT2D eigenvalue weighted by Crippen LogP contribution is -2.45. The predicted molar refractivity (Wildman–Crippen MR) is 501 cm³/mol. The molecule has 0 saturated heterocycles. The maximum atomic E-state index is 14.6. The second kappa shape index (κ2) is 36.7. The summed E-state index contributed by atoms with van der Waals surface area (Å²) in [4.78, 5) is 0.771. The Balaban J connectivity index is 0.000000197. The Kier molecular flexibility index (Phi) is 28.8. The molecule has 3 atom stereocenters. The molecule has 0 saturated carbocycles. The van der Waals surface area contributed by atoms with E-state index in [2.05, 4.69) is 14.2 Å². The van der Waals surface area contributed by atoms with Gasteiger partial charge in [-0.25, -0.2) is 64.7 Å². The molecule has 3 aliphatic heterocycles. The minimum absolute atomic E-state index is 0.110. The summed E-state index contributed by atoms with van der Waals surface area (Å²) in [5.41, 5.74) is 8.85. The number of methoxy groups -OCH3 is 6. The van der Waals surface area contributed by atoms with Crippen molar-refractivity contribution < 1.29 is 78.9 Å². The van der Waals surface area contributed by atoms with Gasteiger partial charge in [-0.05, 0) is 217 Å². The van der Waals surface area contributed by atoms with Gasteiger partial charge in [0.05, 0.1) is 107 Å². The van der Waals surface area contributed by atoms with E-state index in [0.29, 0.717) is 70.8 Å². The van der Waals surface area contributed by atoms with Crippen LogP contribution in [0.15, 0.2) is 193 Å². The Labute approximate surface area is 749 Å². The van der Waals surface area contributed by atoms with Gasteiger partial charge >= 0.3 is 0 Å². The highest BCUT2D eigenvalue weighted by Gasteiger charge is 2.46. The van der Waals surface area contributed by atoms with E-state index in [1.165, 1.54) is 12.9 Å². The summed E-state index contributed by atoms with van der Waals surface area (Å²) >= 11 is 0. The van der Waals surface area contributed by atoms with E-state index in [1.807, 2.05) is 164 Å². The third-order valence-corrected chi connectivity index (χ3v) is 32.6. The highest BCUT2D eigenvalue weighted by molar-refractivity contribution is 7.93. The molecule has 0 amide bonds. The van der Waals surface area contributed by atoms with Crippen molar-refractivity contribution in [2.24, 2.45) is 0 Å². The summed E-state index contributed by atoms with van der Waals surface area (Å²) < 4.78 is 213. The monoisotopic (exact) mass is 1840 g/mol. The second-order valence-electron chi connectivity index (χ2n) is 38.6. The lowest BCUT2D eigenvalue weighted by Gasteiger charge is -2.32. The van der Waals surface area contributed by atoms with Gasteiger partial charge in [-0.3, -0.25) is 12.9 Å². The molecule has 9 aromatic carbocycles. The van der Waals surface area contributed by atoms with Crippen LogP contribution in [0.25, 0.3) is 0 Å². The number of anilines is 3. The van der Waals surface area contributed by atoms with E-state index < -0.39 is 111 Å². The SMILES string of the molecule is COc1ccc2c(c1)C[C@@H](CNS(=O)(=O)c1ccc(C)cc1)N2S(=O)(=O)c1cc(C(C)(C)C)c(OC)c(C(C)(C)C)c1.COc1ccc2c(c1)C[C@H](CNS(=O)(=O)c1ccc(C)cc1)N2S(=O)(=O)c1cc(C(C)(C)C)c(OC)c(C(C)(C)C)c1.COc1ccc2c(c1)C[C@H](CNS(=O)(=O)c1ccc(C)cc1)N2S(=O)(=O)c1cc(C(C)(C)C)c(OC)c(C(C)(C)C)c1. The number of benzene rings is 9. The topological polar surface area (TPSA) is 306 Å². The molecule has 3 aliphatic rings. The van der Waals surface area contributed by atoms with E-state index in [0.717, 1.165) is 66.8 Å². The van der Waals surface area contributed by atoms with Gasteiger partial charge in [-0.1, -0.05) is 178 Å². The normalized spacial score (nSPS) is 15.9. The molecule has 3 N–H and O–H groups in total. The molecule has 9 aromatic rings. The molecule has 0 radical (unpaired) electrons. The molecule has 0 spiro atoms. The molecule has 12 rings (SSSR count). The van der Waals surface area contributed by atoms with Gasteiger partial charge in [0.15, 0.2) is 0 Å². The van der Waals surface area contributed by atoms with Crippen LogP contribution >= 0.6 is 0 Å². The second-order valence-corrected chi connectivity index (χ2v) is 49.4. The van der Waals surface area contributed by atoms with E-state index in [9.17, 15) is 50.5 Å². The summed E-state index contributed by atoms with van der Waals surface area (Å²) in [6, 6.07) is 43.4. The molecule has 24 nitrogen and oxygen atoms in total. The Morgan fingerprint density at radius 1 is 0.270 bits per heavy atom. The average molecular weight is 1840 g/mol. The van der Waals surface area contributed by atoms with Gasteiger partial charge in [0.25, 0.3) is 30.1 Å². The summed E-state index contributed by atoms with van der Waals surface area (Å²) in [6.45, 7) is 41.7.